The predicted octanol–water partition coefficient (Wildman–Crippen LogP) is 3.30. The predicted molar refractivity (Wildman–Crippen MR) is 97.1 cm³/mol. The van der Waals surface area contributed by atoms with Crippen molar-refractivity contribution in [3.05, 3.63) is 54.0 Å². The summed E-state index contributed by atoms with van der Waals surface area (Å²) in [6.07, 6.45) is 4.41. The fourth-order valence-electron chi connectivity index (χ4n) is 2.30. The Balaban J connectivity index is 1.76. The van der Waals surface area contributed by atoms with Gasteiger partial charge in [0.1, 0.15) is 17.8 Å². The molecule has 1 amide bonds. The van der Waals surface area contributed by atoms with Crippen LogP contribution in [0.3, 0.4) is 0 Å². The molecule has 2 aromatic rings. The molecule has 0 spiro atoms. The van der Waals surface area contributed by atoms with Gasteiger partial charge in [0.15, 0.2) is 0 Å². The fraction of sp³-hybridized carbons (Fsp3) is 0.421. The molecule has 2 rings (SSSR count). The van der Waals surface area contributed by atoms with Crippen molar-refractivity contribution in [3.8, 4) is 0 Å². The van der Waals surface area contributed by atoms with E-state index < -0.39 is 0 Å². The van der Waals surface area contributed by atoms with Gasteiger partial charge < -0.3 is 10.6 Å². The molecule has 0 atom stereocenters. The number of carbonyl (C=O) groups is 1. The summed E-state index contributed by atoms with van der Waals surface area (Å²) in [4.78, 5) is 20.3. The standard InChI is InChI=1S/C19H26N4O/c1-15(2)10-12-21-19(24)17-13-18(23-14-22-17)20-11-6-9-16-7-4-3-5-8-16/h3-5,7-8,13-15H,6,9-12H2,1-2H3,(H,21,24)(H,20,22,23). The zero-order chi connectivity index (χ0) is 17.2. The van der Waals surface area contributed by atoms with Gasteiger partial charge in [-0.15, -0.1) is 0 Å². The SMILES string of the molecule is CC(C)CCNC(=O)c1cc(NCCCc2ccccc2)ncn1. The van der Waals surface area contributed by atoms with Crippen LogP contribution in [0.4, 0.5) is 5.82 Å². The van der Waals surface area contributed by atoms with E-state index in [4.69, 9.17) is 0 Å². The molecular weight excluding hydrogens is 300 g/mol. The first kappa shape index (κ1) is 17.9. The summed E-state index contributed by atoms with van der Waals surface area (Å²) in [7, 11) is 0. The molecule has 1 aromatic carbocycles. The Bertz CT molecular complexity index is 628. The maximum Gasteiger partial charge on any atom is 0.270 e. The molecule has 1 heterocycles. The first-order chi connectivity index (χ1) is 11.6. The van der Waals surface area contributed by atoms with Crippen molar-refractivity contribution in [3.63, 3.8) is 0 Å². The molecular formula is C19H26N4O. The van der Waals surface area contributed by atoms with Crippen molar-refractivity contribution < 1.29 is 4.79 Å². The molecule has 5 nitrogen and oxygen atoms in total. The third kappa shape index (κ3) is 6.36. The molecule has 0 aliphatic carbocycles. The van der Waals surface area contributed by atoms with E-state index in [0.29, 0.717) is 24.0 Å². The number of hydrogen-bond donors (Lipinski definition) is 2. The lowest BCUT2D eigenvalue weighted by Gasteiger charge is -2.08. The highest BCUT2D eigenvalue weighted by Gasteiger charge is 2.08. The smallest absolute Gasteiger partial charge is 0.270 e. The zero-order valence-electron chi connectivity index (χ0n) is 14.5. The number of nitrogens with zero attached hydrogens (tertiary/aromatic N) is 2. The summed E-state index contributed by atoms with van der Waals surface area (Å²) in [6, 6.07) is 12.1. The highest BCUT2D eigenvalue weighted by atomic mass is 16.1. The molecule has 0 aliphatic rings. The molecule has 1 aromatic heterocycles. The minimum atomic E-state index is -0.148. The second kappa shape index (κ2) is 9.65. The Hall–Kier alpha value is -2.43. The van der Waals surface area contributed by atoms with Crippen LogP contribution in [0.2, 0.25) is 0 Å². The maximum atomic E-state index is 12.1. The minimum absolute atomic E-state index is 0.148. The summed E-state index contributed by atoms with van der Waals surface area (Å²) in [5.41, 5.74) is 1.73. The molecule has 2 N–H and O–H groups in total. The summed E-state index contributed by atoms with van der Waals surface area (Å²) >= 11 is 0. The minimum Gasteiger partial charge on any atom is -0.370 e. The average Bonchev–Trinajstić information content (AvgIpc) is 2.59. The lowest BCUT2D eigenvalue weighted by atomic mass is 10.1. The van der Waals surface area contributed by atoms with Crippen LogP contribution in [0, 0.1) is 5.92 Å². The second-order valence-corrected chi connectivity index (χ2v) is 6.24. The van der Waals surface area contributed by atoms with Gasteiger partial charge in [-0.25, -0.2) is 9.97 Å². The summed E-state index contributed by atoms with van der Waals surface area (Å²) in [5, 5.41) is 6.14. The van der Waals surface area contributed by atoms with E-state index in [-0.39, 0.29) is 5.91 Å². The lowest BCUT2D eigenvalue weighted by Crippen LogP contribution is -2.26. The molecule has 0 unspecified atom stereocenters. The Labute approximate surface area is 143 Å². The number of amides is 1. The number of benzene rings is 1. The van der Waals surface area contributed by atoms with Crippen LogP contribution in [-0.2, 0) is 6.42 Å². The Morgan fingerprint density at radius 1 is 1.12 bits per heavy atom. The van der Waals surface area contributed by atoms with Gasteiger partial charge in [-0.3, -0.25) is 4.79 Å². The second-order valence-electron chi connectivity index (χ2n) is 6.24. The van der Waals surface area contributed by atoms with E-state index in [0.717, 1.165) is 25.8 Å². The van der Waals surface area contributed by atoms with Crippen molar-refractivity contribution in [2.75, 3.05) is 18.4 Å². The van der Waals surface area contributed by atoms with Crippen LogP contribution in [0.1, 0.15) is 42.7 Å². The number of rotatable bonds is 9. The normalized spacial score (nSPS) is 10.6. The lowest BCUT2D eigenvalue weighted by molar-refractivity contribution is 0.0947. The van der Waals surface area contributed by atoms with E-state index in [2.05, 4.69) is 58.7 Å². The Kier molecular flexibility index (Phi) is 7.21. The number of hydrogen-bond acceptors (Lipinski definition) is 4. The largest absolute Gasteiger partial charge is 0.370 e. The Morgan fingerprint density at radius 2 is 1.92 bits per heavy atom. The quantitative estimate of drug-likeness (QED) is 0.694. The van der Waals surface area contributed by atoms with Gasteiger partial charge in [-0.2, -0.15) is 0 Å². The van der Waals surface area contributed by atoms with Crippen LogP contribution in [0.25, 0.3) is 0 Å². The van der Waals surface area contributed by atoms with Crippen LogP contribution in [-0.4, -0.2) is 29.0 Å². The number of aryl methyl sites for hydroxylation is 1. The van der Waals surface area contributed by atoms with Crippen molar-refractivity contribution in [2.45, 2.75) is 33.1 Å². The van der Waals surface area contributed by atoms with Crippen molar-refractivity contribution in [1.82, 2.24) is 15.3 Å². The van der Waals surface area contributed by atoms with Gasteiger partial charge in [-0.1, -0.05) is 44.2 Å². The van der Waals surface area contributed by atoms with Crippen LogP contribution < -0.4 is 10.6 Å². The molecule has 0 bridgehead atoms. The number of anilines is 1. The van der Waals surface area contributed by atoms with Gasteiger partial charge in [0.05, 0.1) is 0 Å². The van der Waals surface area contributed by atoms with Gasteiger partial charge in [0, 0.05) is 19.2 Å². The molecule has 0 radical (unpaired) electrons. The maximum absolute atomic E-state index is 12.1. The molecule has 24 heavy (non-hydrogen) atoms. The van der Waals surface area contributed by atoms with Gasteiger partial charge >= 0.3 is 0 Å². The van der Waals surface area contributed by atoms with Gasteiger partial charge in [-0.05, 0) is 30.7 Å². The van der Waals surface area contributed by atoms with Crippen molar-refractivity contribution in [2.24, 2.45) is 5.92 Å². The molecule has 0 fully saturated rings. The van der Waals surface area contributed by atoms with E-state index in [9.17, 15) is 4.79 Å². The van der Waals surface area contributed by atoms with Crippen molar-refractivity contribution in [1.29, 1.82) is 0 Å². The third-order valence-electron chi connectivity index (χ3n) is 3.70. The number of nitrogens with one attached hydrogen (secondary N) is 2. The zero-order valence-corrected chi connectivity index (χ0v) is 14.5. The Morgan fingerprint density at radius 3 is 2.67 bits per heavy atom. The summed E-state index contributed by atoms with van der Waals surface area (Å²) in [5.74, 6) is 1.11. The highest BCUT2D eigenvalue weighted by Crippen LogP contribution is 2.06. The average molecular weight is 326 g/mol. The van der Waals surface area contributed by atoms with Crippen LogP contribution in [0.5, 0.6) is 0 Å². The van der Waals surface area contributed by atoms with E-state index >= 15 is 0 Å². The number of carbonyl (C=O) groups excluding carboxylic acids is 1. The first-order valence-electron chi connectivity index (χ1n) is 8.53. The molecule has 0 aliphatic heterocycles. The van der Waals surface area contributed by atoms with Gasteiger partial charge in [0.25, 0.3) is 5.91 Å². The third-order valence-corrected chi connectivity index (χ3v) is 3.70. The van der Waals surface area contributed by atoms with Crippen LogP contribution >= 0.6 is 0 Å². The van der Waals surface area contributed by atoms with Crippen LogP contribution in [0.15, 0.2) is 42.7 Å². The van der Waals surface area contributed by atoms with E-state index in [1.54, 1.807) is 6.07 Å². The fourth-order valence-corrected chi connectivity index (χ4v) is 2.30. The van der Waals surface area contributed by atoms with Crippen molar-refractivity contribution >= 4 is 11.7 Å². The molecule has 0 saturated heterocycles. The summed E-state index contributed by atoms with van der Waals surface area (Å²) < 4.78 is 0. The molecule has 128 valence electrons. The number of aromatic nitrogens is 2. The first-order valence-corrected chi connectivity index (χ1v) is 8.53. The van der Waals surface area contributed by atoms with Gasteiger partial charge in [0.2, 0.25) is 0 Å². The monoisotopic (exact) mass is 326 g/mol. The topological polar surface area (TPSA) is 66.9 Å². The van der Waals surface area contributed by atoms with E-state index in [1.807, 2.05) is 6.07 Å². The van der Waals surface area contributed by atoms with E-state index in [1.165, 1.54) is 11.9 Å². The molecule has 0 saturated carbocycles. The molecule has 5 heteroatoms. The summed E-state index contributed by atoms with van der Waals surface area (Å²) in [6.45, 7) is 5.74. The highest BCUT2D eigenvalue weighted by molar-refractivity contribution is 5.92.